The van der Waals surface area contributed by atoms with Crippen molar-refractivity contribution in [3.05, 3.63) is 15.6 Å². The molecular weight excluding hydrogens is 248 g/mol. The van der Waals surface area contributed by atoms with E-state index in [0.29, 0.717) is 11.3 Å². The summed E-state index contributed by atoms with van der Waals surface area (Å²) in [6, 6.07) is 0.545. The zero-order chi connectivity index (χ0) is 12.3. The van der Waals surface area contributed by atoms with Crippen molar-refractivity contribution in [3.8, 4) is 0 Å². The Bertz CT molecular complexity index is 354. The van der Waals surface area contributed by atoms with Crippen molar-refractivity contribution in [1.82, 2.24) is 10.3 Å². The molecule has 2 rings (SSSR count). The highest BCUT2D eigenvalue weighted by Gasteiger charge is 2.20. The lowest BCUT2D eigenvalue weighted by molar-refractivity contribution is 0.591. The average molecular weight is 270 g/mol. The second-order valence-electron chi connectivity index (χ2n) is 4.95. The first kappa shape index (κ1) is 13.4. The van der Waals surface area contributed by atoms with E-state index in [1.807, 2.05) is 11.3 Å². The van der Waals surface area contributed by atoms with E-state index in [4.69, 9.17) is 4.98 Å². The van der Waals surface area contributed by atoms with Gasteiger partial charge in [-0.15, -0.1) is 11.3 Å². The van der Waals surface area contributed by atoms with Gasteiger partial charge in [-0.2, -0.15) is 11.8 Å². The van der Waals surface area contributed by atoms with Crippen LogP contribution in [0.5, 0.6) is 0 Å². The minimum atomic E-state index is 0.545. The van der Waals surface area contributed by atoms with E-state index >= 15 is 0 Å². The Morgan fingerprint density at radius 2 is 2.24 bits per heavy atom. The summed E-state index contributed by atoms with van der Waals surface area (Å²) in [6.45, 7) is 7.49. The zero-order valence-electron chi connectivity index (χ0n) is 11.0. The molecule has 1 unspecified atom stereocenters. The first-order valence-corrected chi connectivity index (χ1v) is 8.34. The number of rotatable bonds is 4. The van der Waals surface area contributed by atoms with Crippen LogP contribution < -0.4 is 5.32 Å². The van der Waals surface area contributed by atoms with E-state index in [0.717, 1.165) is 6.54 Å². The van der Waals surface area contributed by atoms with Gasteiger partial charge in [-0.25, -0.2) is 4.98 Å². The Morgan fingerprint density at radius 1 is 1.41 bits per heavy atom. The largest absolute Gasteiger partial charge is 0.310 e. The number of thiazole rings is 1. The average Bonchev–Trinajstić information content (AvgIpc) is 2.69. The molecule has 1 aromatic rings. The van der Waals surface area contributed by atoms with Crippen LogP contribution in [0, 0.1) is 6.92 Å². The van der Waals surface area contributed by atoms with Gasteiger partial charge in [0.25, 0.3) is 0 Å². The van der Waals surface area contributed by atoms with Crippen LogP contribution in [0.4, 0.5) is 0 Å². The Balaban J connectivity index is 2.01. The van der Waals surface area contributed by atoms with E-state index < -0.39 is 0 Å². The first-order valence-electron chi connectivity index (χ1n) is 6.48. The molecule has 0 bridgehead atoms. The smallest absolute Gasteiger partial charge is 0.106 e. The fourth-order valence-corrected chi connectivity index (χ4v) is 4.55. The third-order valence-corrected chi connectivity index (χ3v) is 5.84. The molecule has 1 atom stereocenters. The fraction of sp³-hybridized carbons (Fsp3) is 0.769. The number of nitrogens with zero attached hydrogens (tertiary/aromatic N) is 1. The predicted molar refractivity (Wildman–Crippen MR) is 77.9 cm³/mol. The molecule has 0 aromatic carbocycles. The Hall–Kier alpha value is -0.0600. The Morgan fingerprint density at radius 3 is 2.88 bits per heavy atom. The maximum atomic E-state index is 4.77. The molecule has 1 fully saturated rings. The van der Waals surface area contributed by atoms with Crippen molar-refractivity contribution in [2.75, 3.05) is 5.75 Å². The zero-order valence-corrected chi connectivity index (χ0v) is 12.6. The lowest BCUT2D eigenvalue weighted by Crippen LogP contribution is -2.21. The lowest BCUT2D eigenvalue weighted by Gasteiger charge is -2.18. The molecule has 1 saturated heterocycles. The lowest BCUT2D eigenvalue weighted by atomic mass is 10.2. The van der Waals surface area contributed by atoms with Crippen molar-refractivity contribution >= 4 is 23.1 Å². The fourth-order valence-electron chi connectivity index (χ4n) is 1.98. The quantitative estimate of drug-likeness (QED) is 0.898. The number of hydrogen-bond acceptors (Lipinski definition) is 4. The summed E-state index contributed by atoms with van der Waals surface area (Å²) in [5, 5.41) is 5.50. The molecule has 1 N–H and O–H groups in total. The van der Waals surface area contributed by atoms with Gasteiger partial charge < -0.3 is 5.32 Å². The molecule has 0 amide bonds. The van der Waals surface area contributed by atoms with Crippen LogP contribution in [0.15, 0.2) is 0 Å². The molecular formula is C13H22N2S2. The molecule has 4 heteroatoms. The molecule has 1 aliphatic rings. The highest BCUT2D eigenvalue weighted by molar-refractivity contribution is 7.99. The number of aromatic nitrogens is 1. The van der Waals surface area contributed by atoms with Gasteiger partial charge in [-0.1, -0.05) is 20.3 Å². The number of nitrogens with one attached hydrogen (secondary N) is 1. The van der Waals surface area contributed by atoms with Gasteiger partial charge in [-0.3, -0.25) is 0 Å². The number of hydrogen-bond donors (Lipinski definition) is 1. The minimum Gasteiger partial charge on any atom is -0.310 e. The van der Waals surface area contributed by atoms with Crippen molar-refractivity contribution in [3.63, 3.8) is 0 Å². The van der Waals surface area contributed by atoms with Crippen molar-refractivity contribution in [1.29, 1.82) is 0 Å². The molecule has 0 aliphatic carbocycles. The highest BCUT2D eigenvalue weighted by Crippen LogP contribution is 2.40. The topological polar surface area (TPSA) is 24.9 Å². The van der Waals surface area contributed by atoms with Gasteiger partial charge in [0.05, 0.1) is 10.9 Å². The molecule has 17 heavy (non-hydrogen) atoms. The molecule has 0 spiro atoms. The third-order valence-electron chi connectivity index (χ3n) is 3.04. The summed E-state index contributed by atoms with van der Waals surface area (Å²) in [5.74, 6) is 1.31. The molecule has 2 heterocycles. The Kier molecular flexibility index (Phi) is 4.88. The SMILES string of the molecule is Cc1nc(C2CCCCS2)sc1CNC(C)C. The Labute approximate surface area is 113 Å². The molecule has 1 aliphatic heterocycles. The van der Waals surface area contributed by atoms with Gasteiger partial charge in [0.2, 0.25) is 0 Å². The third kappa shape index (κ3) is 3.70. The standard InChI is InChI=1S/C13H22N2S2/c1-9(2)14-8-12-10(3)15-13(17-12)11-6-4-5-7-16-11/h9,11,14H,4-8H2,1-3H3. The van der Waals surface area contributed by atoms with Crippen molar-refractivity contribution in [2.45, 2.75) is 57.9 Å². The maximum absolute atomic E-state index is 4.77. The van der Waals surface area contributed by atoms with Gasteiger partial charge in [-0.05, 0) is 25.5 Å². The summed E-state index contributed by atoms with van der Waals surface area (Å²) in [7, 11) is 0. The second kappa shape index (κ2) is 6.21. The van der Waals surface area contributed by atoms with Crippen LogP contribution in [-0.4, -0.2) is 16.8 Å². The van der Waals surface area contributed by atoms with E-state index in [2.05, 4.69) is 37.8 Å². The molecule has 0 radical (unpaired) electrons. The minimum absolute atomic E-state index is 0.545. The van der Waals surface area contributed by atoms with Crippen LogP contribution in [0.25, 0.3) is 0 Å². The van der Waals surface area contributed by atoms with Gasteiger partial charge in [0, 0.05) is 17.5 Å². The summed E-state index contributed by atoms with van der Waals surface area (Å²) >= 11 is 4.00. The van der Waals surface area contributed by atoms with Crippen LogP contribution in [0.1, 0.15) is 53.9 Å². The van der Waals surface area contributed by atoms with Crippen LogP contribution in [0.3, 0.4) is 0 Å². The highest BCUT2D eigenvalue weighted by atomic mass is 32.2. The van der Waals surface area contributed by atoms with Gasteiger partial charge in [0.15, 0.2) is 0 Å². The van der Waals surface area contributed by atoms with Crippen LogP contribution in [0.2, 0.25) is 0 Å². The van der Waals surface area contributed by atoms with E-state index in [1.165, 1.54) is 40.6 Å². The number of aryl methyl sites for hydroxylation is 1. The van der Waals surface area contributed by atoms with Crippen molar-refractivity contribution in [2.24, 2.45) is 0 Å². The second-order valence-corrected chi connectivity index (χ2v) is 7.38. The van der Waals surface area contributed by atoms with Crippen molar-refractivity contribution < 1.29 is 0 Å². The summed E-state index contributed by atoms with van der Waals surface area (Å²) < 4.78 is 0. The summed E-state index contributed by atoms with van der Waals surface area (Å²) in [4.78, 5) is 6.19. The monoisotopic (exact) mass is 270 g/mol. The predicted octanol–water partition coefficient (Wildman–Crippen LogP) is 3.91. The molecule has 96 valence electrons. The van der Waals surface area contributed by atoms with Crippen LogP contribution in [-0.2, 0) is 6.54 Å². The van der Waals surface area contributed by atoms with E-state index in [9.17, 15) is 0 Å². The normalized spacial score (nSPS) is 21.1. The molecule has 0 saturated carbocycles. The summed E-state index contributed by atoms with van der Waals surface area (Å²) in [6.07, 6.45) is 4.07. The van der Waals surface area contributed by atoms with Crippen LogP contribution >= 0.6 is 23.1 Å². The van der Waals surface area contributed by atoms with E-state index in [1.54, 1.807) is 0 Å². The van der Waals surface area contributed by atoms with Gasteiger partial charge >= 0.3 is 0 Å². The number of thioether (sulfide) groups is 1. The maximum Gasteiger partial charge on any atom is 0.106 e. The molecule has 1 aromatic heterocycles. The first-order chi connectivity index (χ1) is 8.16. The van der Waals surface area contributed by atoms with E-state index in [-0.39, 0.29) is 0 Å². The molecule has 2 nitrogen and oxygen atoms in total. The van der Waals surface area contributed by atoms with Gasteiger partial charge in [0.1, 0.15) is 5.01 Å². The summed E-state index contributed by atoms with van der Waals surface area (Å²) in [5.41, 5.74) is 1.23.